The number of imide groups is 1. The second kappa shape index (κ2) is 14.3. The average Bonchev–Trinajstić information content (AvgIpc) is 3.67. The summed E-state index contributed by atoms with van der Waals surface area (Å²) in [7, 11) is 1.85. The lowest BCUT2D eigenvalue weighted by atomic mass is 9.55. The summed E-state index contributed by atoms with van der Waals surface area (Å²) in [6, 6.07) is 15.4. The number of furan rings is 1. The SMILES string of the molecule is Cc1cc2c(N3CCCc4nc(-c5ccc(C(=O)NCC#Cc6ccc7occ(C89CC(C8)C(=O)NC9=O)c7c6)nc5)ncc43)cc(C3CCOCC3)cc2n(C)c1=O. The fraction of sp³-hybridized carbons (Fsp3) is 0.326. The molecule has 2 bridgehead atoms. The van der Waals surface area contributed by atoms with E-state index in [1.807, 2.05) is 44.4 Å². The predicted molar refractivity (Wildman–Crippen MR) is 220 cm³/mol. The summed E-state index contributed by atoms with van der Waals surface area (Å²) < 4.78 is 13.2. The van der Waals surface area contributed by atoms with Crippen LogP contribution in [0, 0.1) is 24.7 Å². The minimum Gasteiger partial charge on any atom is -0.464 e. The number of carbonyl (C=O) groups excluding carboxylic acids is 3. The van der Waals surface area contributed by atoms with Crippen LogP contribution in [-0.4, -0.2) is 63.5 Å². The highest BCUT2D eigenvalue weighted by Crippen LogP contribution is 2.53. The Bertz CT molecular complexity index is 2860. The first-order valence-electron chi connectivity index (χ1n) is 20.1. The lowest BCUT2D eigenvalue weighted by molar-refractivity contribution is -0.151. The number of carbonyl (C=O) groups is 3. The molecule has 296 valence electrons. The lowest BCUT2D eigenvalue weighted by Crippen LogP contribution is -2.64. The number of hydrogen-bond acceptors (Lipinski definition) is 10. The molecular weight excluding hydrogens is 747 g/mol. The number of fused-ring (bicyclic) bond motifs is 5. The number of piperidine rings is 2. The molecule has 13 heteroatoms. The molecule has 0 spiro atoms. The van der Waals surface area contributed by atoms with E-state index in [-0.39, 0.29) is 41.4 Å². The monoisotopic (exact) mass is 787 g/mol. The third kappa shape index (κ3) is 6.26. The van der Waals surface area contributed by atoms with Crippen molar-refractivity contribution in [3.05, 3.63) is 111 Å². The van der Waals surface area contributed by atoms with Gasteiger partial charge in [-0.3, -0.25) is 29.5 Å². The van der Waals surface area contributed by atoms with Crippen LogP contribution >= 0.6 is 0 Å². The summed E-state index contributed by atoms with van der Waals surface area (Å²) in [6.07, 6.45) is 9.65. The van der Waals surface area contributed by atoms with Gasteiger partial charge in [-0.05, 0) is 105 Å². The third-order valence-corrected chi connectivity index (χ3v) is 12.6. The number of amides is 3. The van der Waals surface area contributed by atoms with E-state index in [0.717, 1.165) is 84.4 Å². The van der Waals surface area contributed by atoms with Crippen molar-refractivity contribution in [2.45, 2.75) is 56.8 Å². The summed E-state index contributed by atoms with van der Waals surface area (Å²) >= 11 is 0. The van der Waals surface area contributed by atoms with Gasteiger partial charge in [-0.25, -0.2) is 9.97 Å². The van der Waals surface area contributed by atoms with E-state index in [0.29, 0.717) is 46.9 Å². The van der Waals surface area contributed by atoms with E-state index < -0.39 is 5.41 Å². The number of hydrogen-bond donors (Lipinski definition) is 2. The highest BCUT2D eigenvalue weighted by atomic mass is 16.5. The van der Waals surface area contributed by atoms with E-state index >= 15 is 0 Å². The Hall–Kier alpha value is -6.65. The zero-order valence-corrected chi connectivity index (χ0v) is 32.8. The zero-order valence-electron chi connectivity index (χ0n) is 32.8. The van der Waals surface area contributed by atoms with Crippen LogP contribution in [0.25, 0.3) is 33.3 Å². The lowest BCUT2D eigenvalue weighted by Gasteiger charge is -2.49. The molecule has 8 heterocycles. The summed E-state index contributed by atoms with van der Waals surface area (Å²) in [5.41, 5.74) is 8.07. The number of nitrogens with one attached hydrogen (secondary N) is 2. The molecule has 3 amide bonds. The van der Waals surface area contributed by atoms with E-state index in [2.05, 4.69) is 44.5 Å². The molecule has 13 nitrogen and oxygen atoms in total. The van der Waals surface area contributed by atoms with Gasteiger partial charge in [-0.15, -0.1) is 0 Å². The molecule has 5 aliphatic rings. The normalized spacial score (nSPS) is 20.1. The molecule has 4 aromatic heterocycles. The van der Waals surface area contributed by atoms with Crippen molar-refractivity contribution >= 4 is 51.0 Å². The van der Waals surface area contributed by atoms with Crippen molar-refractivity contribution in [2.75, 3.05) is 31.2 Å². The standard InChI is InChI=1S/C46H41N7O6/c1-26-17-33-37(52(2)44(26)56)19-30(28-11-15-58-16-12-28)20-38(33)53-14-4-6-35-39(53)24-49-41(50-35)29-8-9-36(48-23-29)43(55)47-13-3-5-27-7-10-40-32(18-27)34(25-59-40)46-21-31(22-46)42(54)51-45(46)57/h7-10,17-20,23-25,28,31H,4,6,11-16,21-22H2,1-2H3,(H,47,55)(H,51,54,57). The minimum atomic E-state index is -0.753. The van der Waals surface area contributed by atoms with Crippen LogP contribution in [0.1, 0.15) is 76.5 Å². The number of nitrogens with zero attached hydrogens (tertiary/aromatic N) is 5. The van der Waals surface area contributed by atoms with Gasteiger partial charge in [0.25, 0.3) is 11.5 Å². The average molecular weight is 788 g/mol. The van der Waals surface area contributed by atoms with E-state index in [1.54, 1.807) is 29.2 Å². The van der Waals surface area contributed by atoms with Crippen LogP contribution in [0.4, 0.5) is 11.4 Å². The van der Waals surface area contributed by atoms with Gasteiger partial charge in [0, 0.05) is 71.9 Å². The number of aromatic nitrogens is 4. The highest BCUT2D eigenvalue weighted by molar-refractivity contribution is 6.09. The van der Waals surface area contributed by atoms with Crippen molar-refractivity contribution in [1.29, 1.82) is 0 Å². The maximum Gasteiger partial charge on any atom is 0.270 e. The summed E-state index contributed by atoms with van der Waals surface area (Å²) in [5, 5.41) is 7.12. The molecule has 1 aliphatic carbocycles. The smallest absolute Gasteiger partial charge is 0.270 e. The Kier molecular flexibility index (Phi) is 8.90. The quantitative estimate of drug-likeness (QED) is 0.163. The fourth-order valence-corrected chi connectivity index (χ4v) is 9.27. The Morgan fingerprint density at radius 1 is 0.983 bits per heavy atom. The van der Waals surface area contributed by atoms with Gasteiger partial charge in [0.05, 0.1) is 47.0 Å². The molecule has 0 atom stereocenters. The van der Waals surface area contributed by atoms with Crippen molar-refractivity contribution in [3.8, 4) is 23.2 Å². The largest absolute Gasteiger partial charge is 0.464 e. The third-order valence-electron chi connectivity index (χ3n) is 12.6. The van der Waals surface area contributed by atoms with Gasteiger partial charge in [0.15, 0.2) is 5.82 Å². The maximum atomic E-state index is 13.0. The first kappa shape index (κ1) is 36.7. The predicted octanol–water partition coefficient (Wildman–Crippen LogP) is 5.51. The highest BCUT2D eigenvalue weighted by Gasteiger charge is 2.59. The maximum absolute atomic E-state index is 13.0. The first-order valence-corrected chi connectivity index (χ1v) is 20.1. The summed E-state index contributed by atoms with van der Waals surface area (Å²) in [5.74, 6) is 5.98. The zero-order chi connectivity index (χ0) is 40.4. The molecule has 2 N–H and O–H groups in total. The Morgan fingerprint density at radius 2 is 1.83 bits per heavy atom. The van der Waals surface area contributed by atoms with Gasteiger partial charge < -0.3 is 23.9 Å². The van der Waals surface area contributed by atoms with Gasteiger partial charge >= 0.3 is 0 Å². The number of anilines is 2. The molecule has 1 saturated carbocycles. The van der Waals surface area contributed by atoms with Gasteiger partial charge in [0.2, 0.25) is 11.8 Å². The number of ether oxygens (including phenoxy) is 1. The molecule has 0 unspecified atom stereocenters. The van der Waals surface area contributed by atoms with E-state index in [4.69, 9.17) is 19.1 Å². The molecule has 11 rings (SSSR count). The molecule has 59 heavy (non-hydrogen) atoms. The van der Waals surface area contributed by atoms with Crippen molar-refractivity contribution < 1.29 is 23.5 Å². The molecular formula is C46H41N7O6. The van der Waals surface area contributed by atoms with E-state index in [9.17, 15) is 19.2 Å². The van der Waals surface area contributed by atoms with Crippen LogP contribution < -0.4 is 21.1 Å². The van der Waals surface area contributed by atoms with Gasteiger partial charge in [0.1, 0.15) is 11.3 Å². The molecule has 3 saturated heterocycles. The van der Waals surface area contributed by atoms with Crippen LogP contribution in [0.2, 0.25) is 0 Å². The van der Waals surface area contributed by atoms with E-state index in [1.165, 1.54) is 5.56 Å². The Labute approximate surface area is 339 Å². The van der Waals surface area contributed by atoms with Crippen LogP contribution in [0.3, 0.4) is 0 Å². The summed E-state index contributed by atoms with van der Waals surface area (Å²) in [4.78, 5) is 67.4. The number of benzene rings is 2. The van der Waals surface area contributed by atoms with Crippen molar-refractivity contribution in [2.24, 2.45) is 13.0 Å². The van der Waals surface area contributed by atoms with Crippen LogP contribution in [0.15, 0.2) is 76.4 Å². The minimum absolute atomic E-state index is 0.00509. The van der Waals surface area contributed by atoms with Crippen LogP contribution in [-0.2, 0) is 33.2 Å². The van der Waals surface area contributed by atoms with Crippen molar-refractivity contribution in [1.82, 2.24) is 30.2 Å². The topological polar surface area (TPSA) is 162 Å². The van der Waals surface area contributed by atoms with Crippen LogP contribution in [0.5, 0.6) is 0 Å². The second-order valence-corrected chi connectivity index (χ2v) is 16.1. The number of rotatable bonds is 6. The van der Waals surface area contributed by atoms with Gasteiger partial charge in [-0.2, -0.15) is 0 Å². The molecule has 0 radical (unpaired) electrons. The first-order chi connectivity index (χ1) is 28.7. The summed E-state index contributed by atoms with van der Waals surface area (Å²) in [6.45, 7) is 4.22. The number of aryl methyl sites for hydroxylation is 3. The Morgan fingerprint density at radius 3 is 2.63 bits per heavy atom. The second-order valence-electron chi connectivity index (χ2n) is 16.1. The van der Waals surface area contributed by atoms with Crippen molar-refractivity contribution in [3.63, 3.8) is 0 Å². The number of pyridine rings is 2. The molecule has 2 aromatic carbocycles. The fourth-order valence-electron chi connectivity index (χ4n) is 9.27. The van der Waals surface area contributed by atoms with Gasteiger partial charge in [-0.1, -0.05) is 11.8 Å². The molecule has 4 fully saturated rings. The molecule has 6 aromatic rings. The Balaban J connectivity index is 0.842. The molecule has 4 aliphatic heterocycles.